The largest absolute Gasteiger partial charge is 0.387 e. The minimum atomic E-state index is -0.666. The second kappa shape index (κ2) is 6.84. The van der Waals surface area contributed by atoms with Crippen molar-refractivity contribution in [3.05, 3.63) is 65.7 Å². The lowest BCUT2D eigenvalue weighted by Gasteiger charge is -2.25. The summed E-state index contributed by atoms with van der Waals surface area (Å²) in [6.07, 6.45) is 1.34. The van der Waals surface area contributed by atoms with E-state index in [-0.39, 0.29) is 12.1 Å². The van der Waals surface area contributed by atoms with Crippen LogP contribution in [0.4, 0.5) is 10.5 Å². The van der Waals surface area contributed by atoms with E-state index in [2.05, 4.69) is 5.32 Å². The molecule has 4 heteroatoms. The number of benzene rings is 2. The topological polar surface area (TPSA) is 52.6 Å². The summed E-state index contributed by atoms with van der Waals surface area (Å²) in [5.41, 5.74) is 2.77. The standard InChI is InChI=1S/C19H22N2O2/c1-14-7-9-16(10-8-14)20-19(23)21(17-11-12-17)13-18(22)15-5-3-2-4-6-15/h2-10,17-18,22H,11-13H2,1H3,(H,20,23). The van der Waals surface area contributed by atoms with Gasteiger partial charge in [-0.1, -0.05) is 48.0 Å². The number of aryl methyl sites for hydroxylation is 1. The van der Waals surface area contributed by atoms with Crippen LogP contribution < -0.4 is 5.32 Å². The summed E-state index contributed by atoms with van der Waals surface area (Å²) in [4.78, 5) is 14.3. The van der Waals surface area contributed by atoms with Crippen molar-refractivity contribution >= 4 is 11.7 Å². The molecule has 2 aromatic rings. The number of nitrogens with zero attached hydrogens (tertiary/aromatic N) is 1. The van der Waals surface area contributed by atoms with Gasteiger partial charge in [0.05, 0.1) is 12.6 Å². The molecule has 0 spiro atoms. The van der Waals surface area contributed by atoms with E-state index in [1.165, 1.54) is 0 Å². The van der Waals surface area contributed by atoms with Crippen LogP contribution in [-0.4, -0.2) is 28.6 Å². The Kier molecular flexibility index (Phi) is 4.63. The Balaban J connectivity index is 1.66. The van der Waals surface area contributed by atoms with Gasteiger partial charge < -0.3 is 15.3 Å². The number of rotatable bonds is 5. The predicted octanol–water partition coefficient (Wildman–Crippen LogP) is 3.72. The molecule has 1 aliphatic carbocycles. The Morgan fingerprint density at radius 2 is 1.83 bits per heavy atom. The second-order valence-corrected chi connectivity index (χ2v) is 6.11. The molecule has 0 aromatic heterocycles. The molecule has 1 unspecified atom stereocenters. The first-order valence-electron chi connectivity index (χ1n) is 8.01. The molecule has 120 valence electrons. The molecule has 23 heavy (non-hydrogen) atoms. The number of amides is 2. The molecular formula is C19H22N2O2. The van der Waals surface area contributed by atoms with Gasteiger partial charge in [0.25, 0.3) is 0 Å². The highest BCUT2D eigenvalue weighted by Crippen LogP contribution is 2.29. The molecule has 2 N–H and O–H groups in total. The van der Waals surface area contributed by atoms with E-state index in [9.17, 15) is 9.90 Å². The lowest BCUT2D eigenvalue weighted by Crippen LogP contribution is -2.39. The van der Waals surface area contributed by atoms with Crippen molar-refractivity contribution < 1.29 is 9.90 Å². The maximum Gasteiger partial charge on any atom is 0.322 e. The van der Waals surface area contributed by atoms with Gasteiger partial charge in [-0.15, -0.1) is 0 Å². The van der Waals surface area contributed by atoms with Crippen molar-refractivity contribution in [2.45, 2.75) is 31.9 Å². The molecule has 0 aliphatic heterocycles. The quantitative estimate of drug-likeness (QED) is 0.884. The molecule has 4 nitrogen and oxygen atoms in total. The summed E-state index contributed by atoms with van der Waals surface area (Å²) in [6, 6.07) is 17.3. The monoisotopic (exact) mass is 310 g/mol. The van der Waals surface area contributed by atoms with Crippen LogP contribution >= 0.6 is 0 Å². The van der Waals surface area contributed by atoms with E-state index in [1.807, 2.05) is 61.5 Å². The number of nitrogens with one attached hydrogen (secondary N) is 1. The average molecular weight is 310 g/mol. The minimum Gasteiger partial charge on any atom is -0.387 e. The minimum absolute atomic E-state index is 0.147. The highest BCUT2D eigenvalue weighted by molar-refractivity contribution is 5.89. The number of urea groups is 1. The van der Waals surface area contributed by atoms with Crippen LogP contribution in [0.2, 0.25) is 0 Å². The molecule has 1 saturated carbocycles. The van der Waals surface area contributed by atoms with Gasteiger partial charge in [0.2, 0.25) is 0 Å². The average Bonchev–Trinajstić information content (AvgIpc) is 3.40. The molecule has 0 heterocycles. The van der Waals surface area contributed by atoms with E-state index in [0.29, 0.717) is 6.54 Å². The van der Waals surface area contributed by atoms with Gasteiger partial charge in [-0.05, 0) is 37.5 Å². The highest BCUT2D eigenvalue weighted by atomic mass is 16.3. The molecule has 2 aromatic carbocycles. The van der Waals surface area contributed by atoms with Crippen LogP contribution in [0.15, 0.2) is 54.6 Å². The van der Waals surface area contributed by atoms with Crippen LogP contribution in [0, 0.1) is 6.92 Å². The number of hydrogen-bond acceptors (Lipinski definition) is 2. The van der Waals surface area contributed by atoms with E-state index < -0.39 is 6.10 Å². The summed E-state index contributed by atoms with van der Waals surface area (Å²) in [5, 5.41) is 13.3. The molecule has 0 radical (unpaired) electrons. The Morgan fingerprint density at radius 3 is 2.43 bits per heavy atom. The Bertz CT molecular complexity index is 651. The van der Waals surface area contributed by atoms with E-state index in [4.69, 9.17) is 0 Å². The summed E-state index contributed by atoms with van der Waals surface area (Å²) in [6.45, 7) is 2.32. The predicted molar refractivity (Wildman–Crippen MR) is 91.3 cm³/mol. The smallest absolute Gasteiger partial charge is 0.322 e. The number of aliphatic hydroxyl groups is 1. The van der Waals surface area contributed by atoms with Crippen molar-refractivity contribution in [1.29, 1.82) is 0 Å². The SMILES string of the molecule is Cc1ccc(NC(=O)N(CC(O)c2ccccc2)C2CC2)cc1. The normalized spacial score (nSPS) is 15.0. The first-order valence-corrected chi connectivity index (χ1v) is 8.01. The zero-order valence-electron chi connectivity index (χ0n) is 13.3. The van der Waals surface area contributed by atoms with E-state index in [0.717, 1.165) is 29.7 Å². The number of anilines is 1. The van der Waals surface area contributed by atoms with Gasteiger partial charge in [-0.3, -0.25) is 0 Å². The fourth-order valence-electron chi connectivity index (χ4n) is 2.58. The third-order valence-electron chi connectivity index (χ3n) is 4.11. The van der Waals surface area contributed by atoms with Crippen molar-refractivity contribution in [3.8, 4) is 0 Å². The lowest BCUT2D eigenvalue weighted by molar-refractivity contribution is 0.123. The zero-order chi connectivity index (χ0) is 16.2. The molecular weight excluding hydrogens is 288 g/mol. The van der Waals surface area contributed by atoms with Crippen LogP contribution in [0.3, 0.4) is 0 Å². The van der Waals surface area contributed by atoms with E-state index >= 15 is 0 Å². The van der Waals surface area contributed by atoms with E-state index in [1.54, 1.807) is 4.90 Å². The number of aliphatic hydroxyl groups excluding tert-OH is 1. The van der Waals surface area contributed by atoms with Crippen LogP contribution in [0.1, 0.15) is 30.1 Å². The highest BCUT2D eigenvalue weighted by Gasteiger charge is 2.34. The first kappa shape index (κ1) is 15.6. The number of carbonyl (C=O) groups is 1. The fraction of sp³-hybridized carbons (Fsp3) is 0.316. The van der Waals surface area contributed by atoms with Gasteiger partial charge in [-0.2, -0.15) is 0 Å². The Morgan fingerprint density at radius 1 is 1.17 bits per heavy atom. The molecule has 1 fully saturated rings. The van der Waals surface area contributed by atoms with Crippen molar-refractivity contribution in [3.63, 3.8) is 0 Å². The molecule has 1 atom stereocenters. The third-order valence-corrected chi connectivity index (χ3v) is 4.11. The Hall–Kier alpha value is -2.33. The Labute approximate surface area is 136 Å². The molecule has 2 amide bonds. The van der Waals surface area contributed by atoms with Crippen LogP contribution in [0.5, 0.6) is 0 Å². The maximum absolute atomic E-state index is 12.5. The fourth-order valence-corrected chi connectivity index (χ4v) is 2.58. The molecule has 0 bridgehead atoms. The van der Waals surface area contributed by atoms with Crippen molar-refractivity contribution in [1.82, 2.24) is 4.90 Å². The third kappa shape index (κ3) is 4.11. The maximum atomic E-state index is 12.5. The van der Waals surface area contributed by atoms with Gasteiger partial charge >= 0.3 is 6.03 Å². The second-order valence-electron chi connectivity index (χ2n) is 6.11. The number of carbonyl (C=O) groups excluding carboxylic acids is 1. The number of hydrogen-bond donors (Lipinski definition) is 2. The summed E-state index contributed by atoms with van der Waals surface area (Å²) in [7, 11) is 0. The van der Waals surface area contributed by atoms with Gasteiger partial charge in [0.15, 0.2) is 0 Å². The summed E-state index contributed by atoms with van der Waals surface area (Å²) >= 11 is 0. The zero-order valence-corrected chi connectivity index (χ0v) is 13.3. The lowest BCUT2D eigenvalue weighted by atomic mass is 10.1. The van der Waals surface area contributed by atoms with Gasteiger partial charge in [0, 0.05) is 11.7 Å². The van der Waals surface area contributed by atoms with Gasteiger partial charge in [-0.25, -0.2) is 4.79 Å². The molecule has 1 aliphatic rings. The molecule has 3 rings (SSSR count). The van der Waals surface area contributed by atoms with Gasteiger partial charge in [0.1, 0.15) is 0 Å². The van der Waals surface area contributed by atoms with Crippen molar-refractivity contribution in [2.24, 2.45) is 0 Å². The van der Waals surface area contributed by atoms with Crippen LogP contribution in [-0.2, 0) is 0 Å². The molecule has 0 saturated heterocycles. The first-order chi connectivity index (χ1) is 11.1. The van der Waals surface area contributed by atoms with Crippen molar-refractivity contribution in [2.75, 3.05) is 11.9 Å². The summed E-state index contributed by atoms with van der Waals surface area (Å²) < 4.78 is 0. The van der Waals surface area contributed by atoms with Crippen LogP contribution in [0.25, 0.3) is 0 Å². The summed E-state index contributed by atoms with van der Waals surface area (Å²) in [5.74, 6) is 0.